The number of rotatable bonds is 7. The molecule has 0 aliphatic rings. The van der Waals surface area contributed by atoms with Crippen molar-refractivity contribution in [1.29, 1.82) is 0 Å². The normalized spacial score (nSPS) is 10.0. The fourth-order valence-corrected chi connectivity index (χ4v) is 1.34. The molecule has 1 N–H and O–H groups in total. The predicted octanol–water partition coefficient (Wildman–Crippen LogP) is 2.51. The monoisotopic (exact) mass is 239 g/mol. The van der Waals surface area contributed by atoms with E-state index in [0.29, 0.717) is 25.3 Å². The third-order valence-electron chi connectivity index (χ3n) is 2.25. The number of amides is 1. The van der Waals surface area contributed by atoms with Gasteiger partial charge in [-0.3, -0.25) is 4.79 Å². The van der Waals surface area contributed by atoms with Crippen molar-refractivity contribution in [3.63, 3.8) is 0 Å². The zero-order chi connectivity index (χ0) is 12.5. The van der Waals surface area contributed by atoms with Gasteiger partial charge in [-0.25, -0.2) is 4.39 Å². The van der Waals surface area contributed by atoms with Crippen LogP contribution in [-0.4, -0.2) is 19.1 Å². The minimum absolute atomic E-state index is 0.0368. The Bertz CT molecular complexity index is 355. The fourth-order valence-electron chi connectivity index (χ4n) is 1.34. The number of hydrogen-bond acceptors (Lipinski definition) is 2. The number of hydrogen-bond donors (Lipinski definition) is 1. The van der Waals surface area contributed by atoms with Crippen molar-refractivity contribution >= 4 is 5.91 Å². The molecule has 1 aromatic carbocycles. The lowest BCUT2D eigenvalue weighted by Gasteiger charge is -2.07. The van der Waals surface area contributed by atoms with Crippen LogP contribution in [0.5, 0.6) is 5.75 Å². The van der Waals surface area contributed by atoms with Crippen LogP contribution in [0.1, 0.15) is 26.2 Å². The largest absolute Gasteiger partial charge is 0.492 e. The van der Waals surface area contributed by atoms with E-state index in [4.69, 9.17) is 4.74 Å². The van der Waals surface area contributed by atoms with Gasteiger partial charge in [-0.1, -0.05) is 19.4 Å². The molecule has 0 saturated carbocycles. The number of unbranched alkanes of at least 4 members (excludes halogenated alkanes) is 1. The van der Waals surface area contributed by atoms with Crippen LogP contribution in [0.4, 0.5) is 4.39 Å². The zero-order valence-electron chi connectivity index (χ0n) is 10.0. The van der Waals surface area contributed by atoms with Crippen LogP contribution in [0.15, 0.2) is 24.3 Å². The van der Waals surface area contributed by atoms with E-state index in [1.807, 2.05) is 6.92 Å². The average molecular weight is 239 g/mol. The second-order valence-corrected chi connectivity index (χ2v) is 3.76. The van der Waals surface area contributed by atoms with Crippen molar-refractivity contribution in [2.75, 3.05) is 13.2 Å². The van der Waals surface area contributed by atoms with Crippen molar-refractivity contribution in [3.05, 3.63) is 30.1 Å². The van der Waals surface area contributed by atoms with E-state index in [0.717, 1.165) is 12.8 Å². The number of nitrogens with one attached hydrogen (secondary N) is 1. The number of halogens is 1. The summed E-state index contributed by atoms with van der Waals surface area (Å²) in [5.41, 5.74) is 0. The Morgan fingerprint density at radius 3 is 3.00 bits per heavy atom. The van der Waals surface area contributed by atoms with Crippen LogP contribution >= 0.6 is 0 Å². The first-order valence-electron chi connectivity index (χ1n) is 5.87. The molecule has 0 radical (unpaired) electrons. The van der Waals surface area contributed by atoms with Crippen molar-refractivity contribution in [2.45, 2.75) is 26.2 Å². The molecule has 0 heterocycles. The molecule has 0 spiro atoms. The number of carbonyl (C=O) groups is 1. The van der Waals surface area contributed by atoms with Crippen molar-refractivity contribution in [2.24, 2.45) is 0 Å². The Labute approximate surface area is 101 Å². The van der Waals surface area contributed by atoms with E-state index >= 15 is 0 Å². The minimum atomic E-state index is -0.325. The third-order valence-corrected chi connectivity index (χ3v) is 2.25. The Morgan fingerprint density at radius 2 is 2.29 bits per heavy atom. The van der Waals surface area contributed by atoms with E-state index in [2.05, 4.69) is 5.32 Å². The summed E-state index contributed by atoms with van der Waals surface area (Å²) < 4.78 is 18.1. The van der Waals surface area contributed by atoms with Crippen LogP contribution in [0.25, 0.3) is 0 Å². The van der Waals surface area contributed by atoms with Crippen molar-refractivity contribution in [3.8, 4) is 5.75 Å². The van der Waals surface area contributed by atoms with Gasteiger partial charge in [0.1, 0.15) is 18.2 Å². The molecule has 3 nitrogen and oxygen atoms in total. The minimum Gasteiger partial charge on any atom is -0.492 e. The molecular formula is C13H18FNO2. The van der Waals surface area contributed by atoms with E-state index in [1.54, 1.807) is 12.1 Å². The lowest BCUT2D eigenvalue weighted by Crippen LogP contribution is -2.27. The van der Waals surface area contributed by atoms with E-state index < -0.39 is 0 Å². The molecule has 1 aromatic rings. The van der Waals surface area contributed by atoms with Gasteiger partial charge in [0.15, 0.2) is 0 Å². The molecule has 4 heteroatoms. The lowest BCUT2D eigenvalue weighted by atomic mass is 10.2. The maximum atomic E-state index is 12.8. The molecule has 94 valence electrons. The summed E-state index contributed by atoms with van der Waals surface area (Å²) in [6, 6.07) is 5.95. The highest BCUT2D eigenvalue weighted by molar-refractivity contribution is 5.75. The lowest BCUT2D eigenvalue weighted by molar-refractivity contribution is -0.121. The smallest absolute Gasteiger partial charge is 0.220 e. The van der Waals surface area contributed by atoms with Crippen LogP contribution < -0.4 is 10.1 Å². The molecule has 0 bridgehead atoms. The van der Waals surface area contributed by atoms with E-state index in [9.17, 15) is 9.18 Å². The van der Waals surface area contributed by atoms with Gasteiger partial charge >= 0.3 is 0 Å². The van der Waals surface area contributed by atoms with Crippen LogP contribution in [0.3, 0.4) is 0 Å². The van der Waals surface area contributed by atoms with E-state index in [-0.39, 0.29) is 11.7 Å². The zero-order valence-corrected chi connectivity index (χ0v) is 10.0. The molecule has 0 unspecified atom stereocenters. The van der Waals surface area contributed by atoms with Gasteiger partial charge in [0, 0.05) is 12.5 Å². The van der Waals surface area contributed by atoms with Gasteiger partial charge in [0.05, 0.1) is 6.54 Å². The van der Waals surface area contributed by atoms with Crippen molar-refractivity contribution in [1.82, 2.24) is 5.32 Å². The predicted molar refractivity (Wildman–Crippen MR) is 64.4 cm³/mol. The van der Waals surface area contributed by atoms with Gasteiger partial charge < -0.3 is 10.1 Å². The molecule has 0 aromatic heterocycles. The number of benzene rings is 1. The summed E-state index contributed by atoms with van der Waals surface area (Å²) in [5.74, 6) is 0.192. The first kappa shape index (κ1) is 13.5. The molecule has 0 fully saturated rings. The molecular weight excluding hydrogens is 221 g/mol. The Kier molecular flexibility index (Phi) is 6.07. The fraction of sp³-hybridized carbons (Fsp3) is 0.462. The second kappa shape index (κ2) is 7.65. The summed E-state index contributed by atoms with van der Waals surface area (Å²) in [7, 11) is 0. The first-order chi connectivity index (χ1) is 8.22. The Hall–Kier alpha value is -1.58. The summed E-state index contributed by atoms with van der Waals surface area (Å²) in [6.45, 7) is 2.83. The molecule has 0 aliphatic heterocycles. The Morgan fingerprint density at radius 1 is 1.47 bits per heavy atom. The summed E-state index contributed by atoms with van der Waals surface area (Å²) >= 11 is 0. The quantitative estimate of drug-likeness (QED) is 0.742. The second-order valence-electron chi connectivity index (χ2n) is 3.76. The first-order valence-corrected chi connectivity index (χ1v) is 5.87. The summed E-state index contributed by atoms with van der Waals surface area (Å²) in [5, 5.41) is 2.74. The SMILES string of the molecule is CCCCC(=O)NCCOc1cccc(F)c1. The standard InChI is InChI=1S/C13H18FNO2/c1-2-3-7-13(16)15-8-9-17-12-6-4-5-11(14)10-12/h4-6,10H,2-3,7-9H2,1H3,(H,15,16). The highest BCUT2D eigenvalue weighted by Gasteiger charge is 2.00. The maximum Gasteiger partial charge on any atom is 0.220 e. The van der Waals surface area contributed by atoms with Crippen molar-refractivity contribution < 1.29 is 13.9 Å². The Balaban J connectivity index is 2.14. The third kappa shape index (κ3) is 5.90. The molecule has 0 saturated heterocycles. The summed E-state index contributed by atoms with van der Waals surface area (Å²) in [4.78, 5) is 11.2. The van der Waals surface area contributed by atoms with Gasteiger partial charge in [0.25, 0.3) is 0 Å². The molecule has 0 atom stereocenters. The maximum absolute atomic E-state index is 12.8. The van der Waals surface area contributed by atoms with Gasteiger partial charge in [-0.2, -0.15) is 0 Å². The molecule has 1 rings (SSSR count). The highest BCUT2D eigenvalue weighted by Crippen LogP contribution is 2.11. The van der Waals surface area contributed by atoms with Crippen LogP contribution in [0.2, 0.25) is 0 Å². The molecule has 1 amide bonds. The van der Waals surface area contributed by atoms with Gasteiger partial charge in [0.2, 0.25) is 5.91 Å². The highest BCUT2D eigenvalue weighted by atomic mass is 19.1. The topological polar surface area (TPSA) is 38.3 Å². The average Bonchev–Trinajstić information content (AvgIpc) is 2.32. The molecule has 17 heavy (non-hydrogen) atoms. The number of carbonyl (C=O) groups excluding carboxylic acids is 1. The van der Waals surface area contributed by atoms with Crippen LogP contribution in [0, 0.1) is 5.82 Å². The van der Waals surface area contributed by atoms with Crippen LogP contribution in [-0.2, 0) is 4.79 Å². The summed E-state index contributed by atoms with van der Waals surface area (Å²) in [6.07, 6.45) is 2.46. The van der Waals surface area contributed by atoms with Gasteiger partial charge in [-0.05, 0) is 18.6 Å². The van der Waals surface area contributed by atoms with E-state index in [1.165, 1.54) is 12.1 Å². The molecule has 0 aliphatic carbocycles. The van der Waals surface area contributed by atoms with Gasteiger partial charge in [-0.15, -0.1) is 0 Å². The number of ether oxygens (including phenoxy) is 1.